The fraction of sp³-hybridized carbons (Fsp3) is 1.00. The third-order valence-corrected chi connectivity index (χ3v) is 1.05. The molecule has 0 heterocycles. The second kappa shape index (κ2) is 2.41. The Morgan fingerprint density at radius 2 is 1.88 bits per heavy atom. The van der Waals surface area contributed by atoms with Crippen LogP contribution in [0.15, 0.2) is 0 Å². The molecule has 1 N–H and O–H groups in total. The first-order valence-electron chi connectivity index (χ1n) is 2.45. The number of hydrazine groups is 1. The molecular formula is C4H13N3O. The number of hydroxylamine groups is 2. The Morgan fingerprint density at radius 3 is 1.88 bits per heavy atom. The molecule has 0 aromatic carbocycles. The summed E-state index contributed by atoms with van der Waals surface area (Å²) in [5.74, 6) is 0. The van der Waals surface area contributed by atoms with Gasteiger partial charge in [-0.15, -0.1) is 0 Å². The van der Waals surface area contributed by atoms with Crippen molar-refractivity contribution in [3.63, 3.8) is 0 Å². The number of rotatable bonds is 2. The maximum Gasteiger partial charge on any atom is 0.0866 e. The molecule has 0 aromatic heterocycles. The predicted octanol–water partition coefficient (Wildman–Crippen LogP) is -0.458. The standard InChI is InChI=1S/C4H13N3O/c1-5-6(2)7(3,4)8/h5H,1-4H3. The minimum atomic E-state index is -0.448. The summed E-state index contributed by atoms with van der Waals surface area (Å²) in [6.45, 7) is 0. The molecule has 0 rings (SSSR count). The molecule has 0 saturated heterocycles. The SMILES string of the molecule is CNN(C)[N+](C)(C)[O-]. The van der Waals surface area contributed by atoms with Crippen LogP contribution in [-0.4, -0.2) is 38.1 Å². The molecule has 0 saturated carbocycles. The van der Waals surface area contributed by atoms with Crippen LogP contribution in [0, 0.1) is 5.21 Å². The lowest BCUT2D eigenvalue weighted by Crippen LogP contribution is -2.53. The Hall–Kier alpha value is -0.160. The number of nitrogens with one attached hydrogen (secondary N) is 1. The third kappa shape index (κ3) is 2.23. The topological polar surface area (TPSA) is 38.3 Å². The number of hydrogen-bond acceptors (Lipinski definition) is 3. The highest BCUT2D eigenvalue weighted by molar-refractivity contribution is 4.16. The molecule has 8 heavy (non-hydrogen) atoms. The molecule has 0 spiro atoms. The third-order valence-electron chi connectivity index (χ3n) is 1.05. The van der Waals surface area contributed by atoms with Crippen molar-refractivity contribution >= 4 is 0 Å². The van der Waals surface area contributed by atoms with E-state index in [0.29, 0.717) is 0 Å². The second-order valence-corrected chi connectivity index (χ2v) is 2.04. The van der Waals surface area contributed by atoms with Gasteiger partial charge in [-0.25, -0.2) is 5.43 Å². The van der Waals surface area contributed by atoms with Gasteiger partial charge in [-0.3, -0.25) is 4.76 Å². The van der Waals surface area contributed by atoms with Gasteiger partial charge in [0.05, 0.1) is 21.1 Å². The average molecular weight is 119 g/mol. The summed E-state index contributed by atoms with van der Waals surface area (Å²) in [7, 11) is 6.47. The molecule has 0 amide bonds. The van der Waals surface area contributed by atoms with Crippen LogP contribution in [0.2, 0.25) is 0 Å². The molecule has 0 aliphatic heterocycles. The Morgan fingerprint density at radius 1 is 1.50 bits per heavy atom. The average Bonchev–Trinajstić information content (AvgIpc) is 1.62. The monoisotopic (exact) mass is 119 g/mol. The summed E-state index contributed by atoms with van der Waals surface area (Å²) in [5.41, 5.74) is 2.70. The molecule has 0 aliphatic carbocycles. The van der Waals surface area contributed by atoms with Crippen molar-refractivity contribution in [2.75, 3.05) is 28.2 Å². The van der Waals surface area contributed by atoms with Crippen LogP contribution in [0.3, 0.4) is 0 Å². The van der Waals surface area contributed by atoms with Gasteiger partial charge < -0.3 is 5.21 Å². The summed E-state index contributed by atoms with van der Waals surface area (Å²) >= 11 is 0. The molecule has 4 nitrogen and oxygen atoms in total. The highest BCUT2D eigenvalue weighted by Crippen LogP contribution is 1.92. The van der Waals surface area contributed by atoms with Crippen molar-refractivity contribution in [1.82, 2.24) is 10.5 Å². The van der Waals surface area contributed by atoms with E-state index in [0.717, 1.165) is 0 Å². The fourth-order valence-corrected chi connectivity index (χ4v) is 0.241. The Balaban J connectivity index is 3.62. The van der Waals surface area contributed by atoms with E-state index in [1.54, 1.807) is 14.1 Å². The largest absolute Gasteiger partial charge is 0.611 e. The van der Waals surface area contributed by atoms with Crippen LogP contribution in [0.25, 0.3) is 0 Å². The summed E-state index contributed by atoms with van der Waals surface area (Å²) in [6, 6.07) is 0. The Labute approximate surface area is 49.8 Å². The van der Waals surface area contributed by atoms with E-state index in [-0.39, 0.29) is 0 Å². The van der Waals surface area contributed by atoms with Crippen molar-refractivity contribution < 1.29 is 4.76 Å². The van der Waals surface area contributed by atoms with Gasteiger partial charge in [0.1, 0.15) is 0 Å². The highest BCUT2D eigenvalue weighted by Gasteiger charge is 2.05. The van der Waals surface area contributed by atoms with E-state index >= 15 is 0 Å². The van der Waals surface area contributed by atoms with Crippen molar-refractivity contribution in [2.24, 2.45) is 0 Å². The maximum atomic E-state index is 10.8. The van der Waals surface area contributed by atoms with Crippen molar-refractivity contribution in [3.8, 4) is 0 Å². The lowest BCUT2D eigenvalue weighted by Gasteiger charge is -2.39. The maximum absolute atomic E-state index is 10.8. The van der Waals surface area contributed by atoms with Gasteiger partial charge in [0.15, 0.2) is 0 Å². The zero-order valence-corrected chi connectivity index (χ0v) is 5.80. The predicted molar refractivity (Wildman–Crippen MR) is 32.3 cm³/mol. The van der Waals surface area contributed by atoms with Crippen LogP contribution in [0.5, 0.6) is 0 Å². The highest BCUT2D eigenvalue weighted by atomic mass is 16.6. The molecule has 0 radical (unpaired) electrons. The molecule has 0 atom stereocenters. The number of quaternary nitrogens is 1. The minimum absolute atomic E-state index is 0.448. The molecule has 0 fully saturated rings. The van der Waals surface area contributed by atoms with Crippen molar-refractivity contribution in [2.45, 2.75) is 0 Å². The van der Waals surface area contributed by atoms with E-state index < -0.39 is 4.76 Å². The van der Waals surface area contributed by atoms with Crippen LogP contribution < -0.4 is 5.43 Å². The zero-order valence-electron chi connectivity index (χ0n) is 5.80. The van der Waals surface area contributed by atoms with Gasteiger partial charge in [0, 0.05) is 7.05 Å². The van der Waals surface area contributed by atoms with Gasteiger partial charge >= 0.3 is 0 Å². The molecule has 0 unspecified atom stereocenters. The summed E-state index contributed by atoms with van der Waals surface area (Å²) < 4.78 is -0.448. The molecule has 4 heteroatoms. The van der Waals surface area contributed by atoms with E-state index in [4.69, 9.17) is 0 Å². The lowest BCUT2D eigenvalue weighted by molar-refractivity contribution is -0.965. The molecule has 0 aromatic rings. The normalized spacial score (nSPS) is 12.8. The smallest absolute Gasteiger partial charge is 0.0866 e. The Kier molecular flexibility index (Phi) is 2.36. The van der Waals surface area contributed by atoms with Crippen LogP contribution in [0.1, 0.15) is 0 Å². The molecular weight excluding hydrogens is 106 g/mol. The van der Waals surface area contributed by atoms with E-state index in [2.05, 4.69) is 5.43 Å². The lowest BCUT2D eigenvalue weighted by atomic mass is 11.0. The first kappa shape index (κ1) is 7.84. The summed E-state index contributed by atoms with van der Waals surface area (Å²) in [6.07, 6.45) is 0. The van der Waals surface area contributed by atoms with E-state index in [9.17, 15) is 5.21 Å². The summed E-state index contributed by atoms with van der Waals surface area (Å²) in [5, 5.41) is 12.3. The van der Waals surface area contributed by atoms with E-state index in [1.165, 1.54) is 19.2 Å². The molecule has 0 bridgehead atoms. The summed E-state index contributed by atoms with van der Waals surface area (Å²) in [4.78, 5) is 0. The zero-order chi connectivity index (χ0) is 6.78. The van der Waals surface area contributed by atoms with Crippen molar-refractivity contribution in [3.05, 3.63) is 5.21 Å². The Bertz CT molecular complexity index is 68.2. The fourth-order valence-electron chi connectivity index (χ4n) is 0.241. The number of nitrogens with zero attached hydrogens (tertiary/aromatic N) is 2. The van der Waals surface area contributed by atoms with Gasteiger partial charge in [0.25, 0.3) is 0 Å². The first-order chi connectivity index (χ1) is 3.48. The van der Waals surface area contributed by atoms with E-state index in [1.807, 2.05) is 0 Å². The quantitative estimate of drug-likeness (QED) is 0.395. The van der Waals surface area contributed by atoms with Gasteiger partial charge in [-0.2, -0.15) is 0 Å². The van der Waals surface area contributed by atoms with Gasteiger partial charge in [0.2, 0.25) is 0 Å². The molecule has 50 valence electrons. The second-order valence-electron chi connectivity index (χ2n) is 2.04. The molecule has 0 aliphatic rings. The van der Waals surface area contributed by atoms with Gasteiger partial charge in [-0.05, 0) is 0 Å². The first-order valence-corrected chi connectivity index (χ1v) is 2.45. The van der Waals surface area contributed by atoms with Crippen LogP contribution in [0.4, 0.5) is 0 Å². The van der Waals surface area contributed by atoms with Crippen molar-refractivity contribution in [1.29, 1.82) is 0 Å². The van der Waals surface area contributed by atoms with Gasteiger partial charge in [-0.1, -0.05) is 5.12 Å². The number of hydrogen-bond donors (Lipinski definition) is 1. The minimum Gasteiger partial charge on any atom is -0.611 e. The van der Waals surface area contributed by atoms with Crippen LogP contribution in [-0.2, 0) is 0 Å². The van der Waals surface area contributed by atoms with Crippen LogP contribution >= 0.6 is 0 Å².